The molecule has 0 unspecified atom stereocenters. The molecule has 1 aliphatic rings. The van der Waals surface area contributed by atoms with Gasteiger partial charge in [-0.3, -0.25) is 4.79 Å². The number of amides is 1. The van der Waals surface area contributed by atoms with Gasteiger partial charge < -0.3 is 19.7 Å². The smallest absolute Gasteiger partial charge is 0.257 e. The molecule has 0 radical (unpaired) electrons. The highest BCUT2D eigenvalue weighted by Gasteiger charge is 2.23. The van der Waals surface area contributed by atoms with Gasteiger partial charge in [-0.2, -0.15) is 0 Å². The van der Waals surface area contributed by atoms with Crippen LogP contribution >= 0.6 is 12.4 Å². The Morgan fingerprint density at radius 1 is 1.17 bits per heavy atom. The average Bonchev–Trinajstić information content (AvgIpc) is 2.75. The van der Waals surface area contributed by atoms with E-state index in [0.29, 0.717) is 49.8 Å². The van der Waals surface area contributed by atoms with Gasteiger partial charge in [0.25, 0.3) is 5.91 Å². The van der Waals surface area contributed by atoms with Gasteiger partial charge in [-0.25, -0.2) is 9.97 Å². The van der Waals surface area contributed by atoms with E-state index < -0.39 is 0 Å². The number of benzene rings is 1. The van der Waals surface area contributed by atoms with Crippen LogP contribution in [0.3, 0.4) is 0 Å². The van der Waals surface area contributed by atoms with Crippen molar-refractivity contribution in [2.75, 3.05) is 38.2 Å². The van der Waals surface area contributed by atoms with Gasteiger partial charge in [-0.15, -0.1) is 12.4 Å². The summed E-state index contributed by atoms with van der Waals surface area (Å²) in [6, 6.07) is 11.6. The summed E-state index contributed by atoms with van der Waals surface area (Å²) in [6.45, 7) is 6.74. The highest BCUT2D eigenvalue weighted by molar-refractivity contribution is 6.07. The molecule has 158 valence electrons. The van der Waals surface area contributed by atoms with E-state index in [0.717, 1.165) is 22.5 Å². The van der Waals surface area contributed by atoms with E-state index in [1.807, 2.05) is 50.2 Å². The molecule has 1 saturated heterocycles. The van der Waals surface area contributed by atoms with Crippen molar-refractivity contribution in [2.24, 2.45) is 0 Å². The number of nitrogens with one attached hydrogen (secondary N) is 1. The van der Waals surface area contributed by atoms with Gasteiger partial charge in [0.1, 0.15) is 5.75 Å². The van der Waals surface area contributed by atoms with Gasteiger partial charge in [0, 0.05) is 36.1 Å². The minimum absolute atomic E-state index is 0. The molecule has 1 amide bonds. The fraction of sp³-hybridized carbons (Fsp3) is 0.318. The maximum absolute atomic E-state index is 13.2. The molecule has 0 atom stereocenters. The Morgan fingerprint density at radius 2 is 1.90 bits per heavy atom. The van der Waals surface area contributed by atoms with Crippen molar-refractivity contribution in [1.29, 1.82) is 0 Å². The van der Waals surface area contributed by atoms with Gasteiger partial charge >= 0.3 is 0 Å². The Kier molecular flexibility index (Phi) is 7.07. The van der Waals surface area contributed by atoms with E-state index in [2.05, 4.69) is 15.3 Å². The number of aromatic nitrogens is 2. The molecule has 0 aliphatic carbocycles. The molecule has 3 aromatic rings. The second-order valence-electron chi connectivity index (χ2n) is 6.86. The third kappa shape index (κ3) is 4.63. The summed E-state index contributed by atoms with van der Waals surface area (Å²) >= 11 is 0. The molecule has 2 aromatic heterocycles. The SMILES string of the molecule is CCOc1ccc(Nc2c(C(=O)N3CCOCC3)cnc3nc(C)ccc23)cc1.Cl. The summed E-state index contributed by atoms with van der Waals surface area (Å²) in [4.78, 5) is 24.0. The highest BCUT2D eigenvalue weighted by Crippen LogP contribution is 2.30. The number of nitrogens with zero attached hydrogens (tertiary/aromatic N) is 3. The number of carbonyl (C=O) groups is 1. The number of carbonyl (C=O) groups excluding carboxylic acids is 1. The van der Waals surface area contributed by atoms with Crippen molar-refractivity contribution in [3.8, 4) is 5.75 Å². The number of anilines is 2. The molecule has 1 N–H and O–H groups in total. The van der Waals surface area contributed by atoms with Gasteiger partial charge in [0.2, 0.25) is 0 Å². The largest absolute Gasteiger partial charge is 0.494 e. The second-order valence-corrected chi connectivity index (χ2v) is 6.86. The second kappa shape index (κ2) is 9.73. The van der Waals surface area contributed by atoms with Gasteiger partial charge in [0.15, 0.2) is 5.65 Å². The third-order valence-electron chi connectivity index (χ3n) is 4.83. The molecule has 1 fully saturated rings. The first kappa shape index (κ1) is 21.8. The Balaban J connectivity index is 0.00000256. The van der Waals surface area contributed by atoms with Crippen LogP contribution < -0.4 is 10.1 Å². The summed E-state index contributed by atoms with van der Waals surface area (Å²) in [6.07, 6.45) is 1.61. The van der Waals surface area contributed by atoms with Crippen molar-refractivity contribution in [3.63, 3.8) is 0 Å². The maximum atomic E-state index is 13.2. The number of rotatable bonds is 5. The zero-order chi connectivity index (χ0) is 20.2. The van der Waals surface area contributed by atoms with Crippen LogP contribution in [-0.4, -0.2) is 53.7 Å². The van der Waals surface area contributed by atoms with Crippen molar-refractivity contribution >= 4 is 40.7 Å². The van der Waals surface area contributed by atoms with Crippen LogP contribution in [0.2, 0.25) is 0 Å². The quantitative estimate of drug-likeness (QED) is 0.662. The molecule has 0 saturated carbocycles. The van der Waals surface area contributed by atoms with Gasteiger partial charge in [-0.1, -0.05) is 0 Å². The fourth-order valence-corrected chi connectivity index (χ4v) is 3.35. The lowest BCUT2D eigenvalue weighted by atomic mass is 10.1. The van der Waals surface area contributed by atoms with Crippen molar-refractivity contribution < 1.29 is 14.3 Å². The first-order chi connectivity index (χ1) is 14.2. The summed E-state index contributed by atoms with van der Waals surface area (Å²) < 4.78 is 10.9. The Hall–Kier alpha value is -2.90. The Morgan fingerprint density at radius 3 is 2.60 bits per heavy atom. The molecule has 4 rings (SSSR count). The lowest BCUT2D eigenvalue weighted by Gasteiger charge is -2.27. The first-order valence-corrected chi connectivity index (χ1v) is 9.79. The summed E-state index contributed by atoms with van der Waals surface area (Å²) in [7, 11) is 0. The maximum Gasteiger partial charge on any atom is 0.257 e. The zero-order valence-electron chi connectivity index (χ0n) is 17.1. The molecular formula is C22H25ClN4O3. The summed E-state index contributed by atoms with van der Waals surface area (Å²) in [5.41, 5.74) is 3.58. The minimum Gasteiger partial charge on any atom is -0.494 e. The van der Waals surface area contributed by atoms with Crippen molar-refractivity contribution in [2.45, 2.75) is 13.8 Å². The number of hydrogen-bond donors (Lipinski definition) is 1. The topological polar surface area (TPSA) is 76.6 Å². The van der Waals surface area contributed by atoms with Crippen LogP contribution in [0.4, 0.5) is 11.4 Å². The summed E-state index contributed by atoms with van der Waals surface area (Å²) in [5.74, 6) is 0.747. The number of ether oxygens (including phenoxy) is 2. The minimum atomic E-state index is -0.0586. The van der Waals surface area contributed by atoms with Crippen molar-refractivity contribution in [3.05, 3.63) is 53.9 Å². The first-order valence-electron chi connectivity index (χ1n) is 9.79. The monoisotopic (exact) mass is 428 g/mol. The molecular weight excluding hydrogens is 404 g/mol. The number of pyridine rings is 2. The average molecular weight is 429 g/mol. The summed E-state index contributed by atoms with van der Waals surface area (Å²) in [5, 5.41) is 4.22. The Labute approximate surface area is 181 Å². The van der Waals surface area contributed by atoms with E-state index in [4.69, 9.17) is 9.47 Å². The highest BCUT2D eigenvalue weighted by atomic mass is 35.5. The lowest BCUT2D eigenvalue weighted by molar-refractivity contribution is 0.0303. The van der Waals surface area contributed by atoms with Gasteiger partial charge in [-0.05, 0) is 50.2 Å². The predicted octanol–water partition coefficient (Wildman–Crippen LogP) is 3.97. The molecule has 8 heteroatoms. The zero-order valence-corrected chi connectivity index (χ0v) is 17.9. The fourth-order valence-electron chi connectivity index (χ4n) is 3.35. The number of hydrogen-bond acceptors (Lipinski definition) is 6. The number of morpholine rings is 1. The van der Waals surface area contributed by atoms with Crippen LogP contribution in [0.15, 0.2) is 42.6 Å². The van der Waals surface area contributed by atoms with E-state index >= 15 is 0 Å². The third-order valence-corrected chi connectivity index (χ3v) is 4.83. The molecule has 3 heterocycles. The van der Waals surface area contributed by atoms with Crippen LogP contribution in [-0.2, 0) is 4.74 Å². The van der Waals surface area contributed by atoms with Crippen molar-refractivity contribution in [1.82, 2.24) is 14.9 Å². The van der Waals surface area contributed by atoms with E-state index in [9.17, 15) is 4.79 Å². The molecule has 7 nitrogen and oxygen atoms in total. The van der Waals surface area contributed by atoms with Crippen LogP contribution in [0.1, 0.15) is 23.0 Å². The van der Waals surface area contributed by atoms with E-state index in [1.165, 1.54) is 0 Å². The van der Waals surface area contributed by atoms with Crippen LogP contribution in [0.25, 0.3) is 11.0 Å². The molecule has 30 heavy (non-hydrogen) atoms. The number of aryl methyl sites for hydroxylation is 1. The van der Waals surface area contributed by atoms with E-state index in [-0.39, 0.29) is 18.3 Å². The van der Waals surface area contributed by atoms with Crippen LogP contribution in [0, 0.1) is 6.92 Å². The molecule has 1 aliphatic heterocycles. The molecule has 0 spiro atoms. The van der Waals surface area contributed by atoms with Gasteiger partial charge in [0.05, 0.1) is 31.1 Å². The van der Waals surface area contributed by atoms with E-state index in [1.54, 1.807) is 11.1 Å². The normalized spacial score (nSPS) is 13.6. The lowest BCUT2D eigenvalue weighted by Crippen LogP contribution is -2.41. The molecule has 0 bridgehead atoms. The Bertz CT molecular complexity index is 1020. The molecule has 1 aromatic carbocycles. The van der Waals surface area contributed by atoms with Crippen LogP contribution in [0.5, 0.6) is 5.75 Å². The standard InChI is InChI=1S/C22H24N4O3.ClH/c1-3-29-17-7-5-16(6-8-17)25-20-18-9-4-15(2)24-21(18)23-14-19(20)22(27)26-10-12-28-13-11-26;/h4-9,14H,3,10-13H2,1-2H3,(H,23,24,25);1H. The number of halogens is 1. The predicted molar refractivity (Wildman–Crippen MR) is 119 cm³/mol. The number of fused-ring (bicyclic) bond motifs is 1.